The minimum absolute atomic E-state index is 0.0110. The first-order chi connectivity index (χ1) is 11.1. The molecule has 0 bridgehead atoms. The van der Waals surface area contributed by atoms with Crippen molar-refractivity contribution in [3.8, 4) is 0 Å². The van der Waals surface area contributed by atoms with Gasteiger partial charge < -0.3 is 10.6 Å². The van der Waals surface area contributed by atoms with Gasteiger partial charge in [0.1, 0.15) is 11.5 Å². The molecule has 0 aromatic heterocycles. The summed E-state index contributed by atoms with van der Waals surface area (Å²) in [4.78, 5) is 25.3. The number of benzene rings is 1. The second-order valence-electron chi connectivity index (χ2n) is 4.97. The molecular formula is C14H15N7O2. The first-order valence-corrected chi connectivity index (χ1v) is 6.94. The first-order valence-electron chi connectivity index (χ1n) is 6.94. The molecule has 9 heteroatoms. The van der Waals surface area contributed by atoms with Gasteiger partial charge in [0, 0.05) is 12.6 Å². The van der Waals surface area contributed by atoms with E-state index in [9.17, 15) is 9.59 Å². The topological polar surface area (TPSA) is 113 Å². The van der Waals surface area contributed by atoms with Crippen LogP contribution in [0.5, 0.6) is 0 Å². The van der Waals surface area contributed by atoms with E-state index in [1.807, 2.05) is 6.07 Å². The predicted molar refractivity (Wildman–Crippen MR) is 81.4 cm³/mol. The van der Waals surface area contributed by atoms with Crippen molar-refractivity contribution in [1.29, 1.82) is 5.41 Å². The molecule has 0 spiro atoms. The molecule has 3 rings (SSSR count). The molecule has 0 atom stereocenters. The Kier molecular flexibility index (Phi) is 3.75. The number of ketones is 1. The highest BCUT2D eigenvalue weighted by Crippen LogP contribution is 2.22. The second-order valence-corrected chi connectivity index (χ2v) is 4.97. The van der Waals surface area contributed by atoms with E-state index < -0.39 is 0 Å². The van der Waals surface area contributed by atoms with Crippen LogP contribution in [0.25, 0.3) is 0 Å². The number of hydrogen-bond donors (Lipinski definition) is 3. The summed E-state index contributed by atoms with van der Waals surface area (Å²) in [6.07, 6.45) is 0. The molecule has 1 aromatic rings. The van der Waals surface area contributed by atoms with Gasteiger partial charge in [0.2, 0.25) is 0 Å². The molecule has 0 saturated heterocycles. The zero-order valence-corrected chi connectivity index (χ0v) is 12.4. The van der Waals surface area contributed by atoms with Gasteiger partial charge >= 0.3 is 6.03 Å². The summed E-state index contributed by atoms with van der Waals surface area (Å²) in [5, 5.41) is 22.4. The molecule has 2 aliphatic heterocycles. The summed E-state index contributed by atoms with van der Waals surface area (Å²) in [6, 6.07) is 8.50. The summed E-state index contributed by atoms with van der Waals surface area (Å²) >= 11 is 0. The molecule has 0 fully saturated rings. The lowest BCUT2D eigenvalue weighted by atomic mass is 10.1. The van der Waals surface area contributed by atoms with Crippen LogP contribution >= 0.6 is 0 Å². The van der Waals surface area contributed by atoms with Crippen molar-refractivity contribution in [1.82, 2.24) is 20.5 Å². The number of rotatable bonds is 4. The molecule has 118 valence electrons. The Morgan fingerprint density at radius 3 is 2.87 bits per heavy atom. The Morgan fingerprint density at radius 2 is 2.13 bits per heavy atom. The first kappa shape index (κ1) is 14.7. The van der Waals surface area contributed by atoms with E-state index in [4.69, 9.17) is 5.41 Å². The van der Waals surface area contributed by atoms with Gasteiger partial charge in [-0.25, -0.2) is 4.79 Å². The quantitative estimate of drug-likeness (QED) is 0.435. The van der Waals surface area contributed by atoms with E-state index in [1.165, 1.54) is 11.9 Å². The number of hydrogen-bond acceptors (Lipinski definition) is 6. The fourth-order valence-corrected chi connectivity index (χ4v) is 2.21. The lowest BCUT2D eigenvalue weighted by Gasteiger charge is -2.23. The fraction of sp³-hybridized carbons (Fsp3) is 0.214. The lowest BCUT2D eigenvalue weighted by molar-refractivity contribution is 0.0996. The van der Waals surface area contributed by atoms with Gasteiger partial charge in [-0.15, -0.1) is 5.11 Å². The molecule has 3 N–H and O–H groups in total. The van der Waals surface area contributed by atoms with Crippen LogP contribution in [0, 0.1) is 5.41 Å². The molecule has 0 saturated carbocycles. The van der Waals surface area contributed by atoms with Crippen LogP contribution in [0.1, 0.15) is 10.4 Å². The van der Waals surface area contributed by atoms with Crippen LogP contribution in [0.4, 0.5) is 4.79 Å². The number of carbonyl (C=O) groups is 2. The van der Waals surface area contributed by atoms with Gasteiger partial charge in [-0.05, 0) is 0 Å². The van der Waals surface area contributed by atoms with Crippen molar-refractivity contribution < 1.29 is 9.59 Å². The second kappa shape index (κ2) is 5.87. The number of carbonyl (C=O) groups excluding carboxylic acids is 2. The van der Waals surface area contributed by atoms with Crippen molar-refractivity contribution in [3.05, 3.63) is 47.4 Å². The molecule has 23 heavy (non-hydrogen) atoms. The van der Waals surface area contributed by atoms with Gasteiger partial charge in [-0.3, -0.25) is 15.1 Å². The number of nitrogens with one attached hydrogen (secondary N) is 3. The van der Waals surface area contributed by atoms with Crippen LogP contribution in [0.2, 0.25) is 0 Å². The number of fused-ring (bicyclic) bond motifs is 1. The maximum absolute atomic E-state index is 12.0. The highest BCUT2D eigenvalue weighted by Gasteiger charge is 2.34. The molecular weight excluding hydrogens is 298 g/mol. The average molecular weight is 313 g/mol. The Bertz CT molecular complexity index is 726. The van der Waals surface area contributed by atoms with Crippen LogP contribution in [0.15, 0.2) is 52.2 Å². The summed E-state index contributed by atoms with van der Waals surface area (Å²) in [7, 11) is 1.50. The fourth-order valence-electron chi connectivity index (χ4n) is 2.21. The number of amides is 2. The smallest absolute Gasteiger partial charge is 0.348 e. The molecule has 2 aliphatic rings. The molecule has 0 aliphatic carbocycles. The number of amidine groups is 1. The number of Topliss-reactive ketones (excluding diaryl/α,β-unsaturated/α-hetero) is 1. The van der Waals surface area contributed by atoms with Crippen molar-refractivity contribution in [2.45, 2.75) is 0 Å². The van der Waals surface area contributed by atoms with Crippen LogP contribution in [-0.4, -0.2) is 47.8 Å². The average Bonchev–Trinajstić information content (AvgIpc) is 3.01. The van der Waals surface area contributed by atoms with Gasteiger partial charge in [0.25, 0.3) is 0 Å². The Hall–Kier alpha value is -3.23. The minimum atomic E-state index is -0.328. The van der Waals surface area contributed by atoms with Crippen molar-refractivity contribution in [2.75, 3.05) is 20.3 Å². The number of nitrogens with zero attached hydrogens (tertiary/aromatic N) is 4. The largest absolute Gasteiger partial charge is 0.361 e. The highest BCUT2D eigenvalue weighted by atomic mass is 16.2. The summed E-state index contributed by atoms with van der Waals surface area (Å²) in [6.45, 7) is 0.190. The summed E-state index contributed by atoms with van der Waals surface area (Å²) in [5.41, 5.74) is 0.914. The third-order valence-corrected chi connectivity index (χ3v) is 3.45. The van der Waals surface area contributed by atoms with Gasteiger partial charge in [0.05, 0.1) is 13.2 Å². The van der Waals surface area contributed by atoms with Crippen LogP contribution in [0.3, 0.4) is 0 Å². The third-order valence-electron chi connectivity index (χ3n) is 3.45. The normalized spacial score (nSPS) is 16.3. The minimum Gasteiger partial charge on any atom is -0.361 e. The standard InChI is InChI=1S/C14H15N7O2/c1-20-14(23)21-8-17-11(13(21)18-19-20)12(15)16-7-10(22)9-5-3-2-4-6-9/h2-6,17H,7-8H2,1H3,(H2,15,16). The van der Waals surface area contributed by atoms with E-state index >= 15 is 0 Å². The van der Waals surface area contributed by atoms with Crippen LogP contribution in [-0.2, 0) is 0 Å². The van der Waals surface area contributed by atoms with Crippen molar-refractivity contribution in [3.63, 3.8) is 0 Å². The van der Waals surface area contributed by atoms with Crippen LogP contribution < -0.4 is 10.6 Å². The lowest BCUT2D eigenvalue weighted by Crippen LogP contribution is -2.40. The zero-order valence-electron chi connectivity index (χ0n) is 12.4. The van der Waals surface area contributed by atoms with E-state index in [0.29, 0.717) is 11.3 Å². The third kappa shape index (κ3) is 2.76. The van der Waals surface area contributed by atoms with E-state index in [1.54, 1.807) is 24.3 Å². The highest BCUT2D eigenvalue weighted by molar-refractivity contribution is 6.03. The van der Waals surface area contributed by atoms with E-state index in [2.05, 4.69) is 21.0 Å². The Balaban J connectivity index is 1.68. The maximum atomic E-state index is 12.0. The summed E-state index contributed by atoms with van der Waals surface area (Å²) < 4.78 is 0. The maximum Gasteiger partial charge on any atom is 0.348 e. The monoisotopic (exact) mass is 313 g/mol. The predicted octanol–water partition coefficient (Wildman–Crippen LogP) is 0.901. The summed E-state index contributed by atoms with van der Waals surface area (Å²) in [5.74, 6) is 0.137. The molecule has 2 amide bonds. The number of urea groups is 1. The molecule has 9 nitrogen and oxygen atoms in total. The molecule has 0 unspecified atom stereocenters. The SMILES string of the molecule is CN1N=NC2=C(C(=N)NCC(=O)c3ccccc3)NCN2C1=O. The van der Waals surface area contributed by atoms with Gasteiger partial charge in [-0.2, -0.15) is 5.01 Å². The molecule has 2 heterocycles. The Morgan fingerprint density at radius 1 is 1.39 bits per heavy atom. The van der Waals surface area contributed by atoms with Crippen molar-refractivity contribution in [2.24, 2.45) is 10.3 Å². The molecule has 0 radical (unpaired) electrons. The van der Waals surface area contributed by atoms with E-state index in [0.717, 1.165) is 5.01 Å². The Labute approximate surface area is 132 Å². The van der Waals surface area contributed by atoms with Gasteiger partial charge in [0.15, 0.2) is 11.6 Å². The van der Waals surface area contributed by atoms with E-state index in [-0.39, 0.29) is 36.7 Å². The van der Waals surface area contributed by atoms with Gasteiger partial charge in [-0.1, -0.05) is 35.6 Å². The van der Waals surface area contributed by atoms with Crippen molar-refractivity contribution >= 4 is 17.6 Å². The molecule has 1 aromatic carbocycles. The zero-order chi connectivity index (χ0) is 16.4.